The first kappa shape index (κ1) is 8.96. The highest BCUT2D eigenvalue weighted by molar-refractivity contribution is 7.71. The van der Waals surface area contributed by atoms with Crippen molar-refractivity contribution in [1.82, 2.24) is 4.98 Å². The molecule has 0 radical (unpaired) electrons. The summed E-state index contributed by atoms with van der Waals surface area (Å²) in [4.78, 5) is 14.2. The van der Waals surface area contributed by atoms with E-state index in [2.05, 4.69) is 4.98 Å². The van der Waals surface area contributed by atoms with Crippen molar-refractivity contribution in [2.75, 3.05) is 0 Å². The number of aromatic amines is 1. The van der Waals surface area contributed by atoms with Gasteiger partial charge >= 0.3 is 0 Å². The molecule has 0 saturated carbocycles. The van der Waals surface area contributed by atoms with Gasteiger partial charge in [0.2, 0.25) is 0 Å². The van der Waals surface area contributed by atoms with Gasteiger partial charge in [-0.25, -0.2) is 0 Å². The molecular weight excluding hydrogens is 200 g/mol. The van der Waals surface area contributed by atoms with Gasteiger partial charge in [0.05, 0.1) is 11.1 Å². The van der Waals surface area contributed by atoms with Gasteiger partial charge in [-0.1, -0.05) is 6.07 Å². The van der Waals surface area contributed by atoms with E-state index >= 15 is 0 Å². The molecule has 2 rings (SSSR count). The van der Waals surface area contributed by atoms with Crippen LogP contribution in [-0.4, -0.2) is 10.9 Å². The van der Waals surface area contributed by atoms with Crippen LogP contribution >= 0.6 is 12.2 Å². The predicted molar refractivity (Wildman–Crippen MR) is 54.7 cm³/mol. The number of oxazole rings is 1. The summed E-state index contributed by atoms with van der Waals surface area (Å²) in [7, 11) is 0. The fraction of sp³-hybridized carbons (Fsp3) is 0.111. The van der Waals surface area contributed by atoms with Gasteiger partial charge in [0.15, 0.2) is 5.58 Å². The lowest BCUT2D eigenvalue weighted by Gasteiger charge is -2.00. The zero-order valence-electron chi connectivity index (χ0n) is 7.46. The molecule has 0 aliphatic carbocycles. The van der Waals surface area contributed by atoms with Gasteiger partial charge < -0.3 is 15.1 Å². The molecule has 1 amide bonds. The summed E-state index contributed by atoms with van der Waals surface area (Å²) < 4.78 is 5.17. The molecular formula is C9H8N2O2S. The van der Waals surface area contributed by atoms with Crippen LogP contribution in [0.4, 0.5) is 0 Å². The van der Waals surface area contributed by atoms with E-state index in [1.54, 1.807) is 12.1 Å². The summed E-state index contributed by atoms with van der Waals surface area (Å²) in [6, 6.07) is 3.53. The third kappa shape index (κ3) is 1.22. The molecule has 72 valence electrons. The number of fused-ring (bicyclic) bond motifs is 1. The maximum atomic E-state index is 11.2. The second kappa shape index (κ2) is 2.95. The van der Waals surface area contributed by atoms with Crippen LogP contribution < -0.4 is 5.73 Å². The van der Waals surface area contributed by atoms with Gasteiger partial charge in [-0.05, 0) is 30.8 Å². The molecule has 5 heteroatoms. The van der Waals surface area contributed by atoms with Crippen molar-refractivity contribution in [3.63, 3.8) is 0 Å². The van der Waals surface area contributed by atoms with Crippen molar-refractivity contribution in [3.8, 4) is 0 Å². The molecule has 1 aromatic carbocycles. The lowest BCUT2D eigenvalue weighted by molar-refractivity contribution is 0.100. The smallest absolute Gasteiger partial charge is 0.266 e. The minimum atomic E-state index is -0.486. The molecule has 0 spiro atoms. The standard InChI is InChI=1S/C9H8N2O2S/c1-4-2-3-5-7(6(4)8(10)12)11-9(14)13-5/h2-3H,1H3,(H2,10,12)(H,11,14). The summed E-state index contributed by atoms with van der Waals surface area (Å²) in [6.07, 6.45) is 0. The van der Waals surface area contributed by atoms with E-state index in [9.17, 15) is 4.79 Å². The second-order valence-electron chi connectivity index (χ2n) is 3.01. The Labute approximate surface area is 84.7 Å². The van der Waals surface area contributed by atoms with E-state index < -0.39 is 5.91 Å². The van der Waals surface area contributed by atoms with E-state index in [1.165, 1.54) is 0 Å². The Morgan fingerprint density at radius 1 is 1.57 bits per heavy atom. The number of amides is 1. The normalized spacial score (nSPS) is 10.6. The van der Waals surface area contributed by atoms with E-state index in [4.69, 9.17) is 22.4 Å². The summed E-state index contributed by atoms with van der Waals surface area (Å²) in [6.45, 7) is 1.81. The Hall–Kier alpha value is -1.62. The van der Waals surface area contributed by atoms with E-state index in [0.717, 1.165) is 5.56 Å². The van der Waals surface area contributed by atoms with E-state index in [1.807, 2.05) is 6.92 Å². The minimum absolute atomic E-state index is 0.244. The Balaban J connectivity index is 2.95. The minimum Gasteiger partial charge on any atom is -0.429 e. The number of carbonyl (C=O) groups excluding carboxylic acids is 1. The van der Waals surface area contributed by atoms with Crippen LogP contribution in [0.15, 0.2) is 16.5 Å². The zero-order valence-corrected chi connectivity index (χ0v) is 8.27. The van der Waals surface area contributed by atoms with Crippen LogP contribution in [0.3, 0.4) is 0 Å². The van der Waals surface area contributed by atoms with Crippen molar-refractivity contribution in [2.45, 2.75) is 6.92 Å². The molecule has 3 N–H and O–H groups in total. The van der Waals surface area contributed by atoms with Crippen LogP contribution in [0.2, 0.25) is 0 Å². The van der Waals surface area contributed by atoms with Gasteiger partial charge in [-0.2, -0.15) is 0 Å². The van der Waals surface area contributed by atoms with Gasteiger partial charge in [0, 0.05) is 0 Å². The Bertz CT molecular complexity index is 568. The average molecular weight is 208 g/mol. The highest BCUT2D eigenvalue weighted by Crippen LogP contribution is 2.20. The lowest BCUT2D eigenvalue weighted by Crippen LogP contribution is -2.13. The molecule has 4 nitrogen and oxygen atoms in total. The summed E-state index contributed by atoms with van der Waals surface area (Å²) >= 11 is 4.83. The molecule has 0 aliphatic rings. The van der Waals surface area contributed by atoms with Crippen molar-refractivity contribution < 1.29 is 9.21 Å². The summed E-state index contributed by atoms with van der Waals surface area (Å²) in [5.74, 6) is -0.486. The molecule has 14 heavy (non-hydrogen) atoms. The summed E-state index contributed by atoms with van der Waals surface area (Å²) in [5.41, 5.74) is 7.61. The number of aromatic nitrogens is 1. The number of carbonyl (C=O) groups is 1. The highest BCUT2D eigenvalue weighted by Gasteiger charge is 2.12. The highest BCUT2D eigenvalue weighted by atomic mass is 32.1. The number of hydrogen-bond acceptors (Lipinski definition) is 3. The number of H-pyrrole nitrogens is 1. The van der Waals surface area contributed by atoms with E-state index in [-0.39, 0.29) is 4.84 Å². The quantitative estimate of drug-likeness (QED) is 0.703. The Morgan fingerprint density at radius 3 is 2.93 bits per heavy atom. The molecule has 2 aromatic rings. The number of nitrogens with one attached hydrogen (secondary N) is 1. The topological polar surface area (TPSA) is 72.0 Å². The molecule has 1 heterocycles. The van der Waals surface area contributed by atoms with Crippen molar-refractivity contribution in [1.29, 1.82) is 0 Å². The van der Waals surface area contributed by atoms with Crippen LogP contribution in [0.25, 0.3) is 11.1 Å². The fourth-order valence-corrected chi connectivity index (χ4v) is 1.63. The number of rotatable bonds is 1. The monoisotopic (exact) mass is 208 g/mol. The number of aryl methyl sites for hydroxylation is 1. The summed E-state index contributed by atoms with van der Waals surface area (Å²) in [5, 5.41) is 0. The maximum absolute atomic E-state index is 11.2. The predicted octanol–water partition coefficient (Wildman–Crippen LogP) is 1.90. The zero-order chi connectivity index (χ0) is 10.3. The first-order chi connectivity index (χ1) is 6.59. The SMILES string of the molecule is Cc1ccc2oc(=S)[nH]c2c1C(N)=O. The molecule has 0 atom stereocenters. The first-order valence-corrected chi connectivity index (χ1v) is 4.42. The molecule has 1 aromatic heterocycles. The maximum Gasteiger partial charge on any atom is 0.266 e. The number of hydrogen-bond donors (Lipinski definition) is 2. The van der Waals surface area contributed by atoms with Gasteiger partial charge in [0.1, 0.15) is 0 Å². The Kier molecular flexibility index (Phi) is 1.89. The third-order valence-corrected chi connectivity index (χ3v) is 2.24. The van der Waals surface area contributed by atoms with Crippen molar-refractivity contribution >= 4 is 29.2 Å². The number of nitrogens with two attached hydrogens (primary N) is 1. The van der Waals surface area contributed by atoms with Gasteiger partial charge in [0.25, 0.3) is 10.7 Å². The molecule has 0 saturated heterocycles. The van der Waals surface area contributed by atoms with Crippen LogP contribution in [0.5, 0.6) is 0 Å². The Morgan fingerprint density at radius 2 is 2.29 bits per heavy atom. The molecule has 0 bridgehead atoms. The van der Waals surface area contributed by atoms with Crippen LogP contribution in [0, 0.1) is 11.8 Å². The lowest BCUT2D eigenvalue weighted by atomic mass is 10.1. The largest absolute Gasteiger partial charge is 0.429 e. The second-order valence-corrected chi connectivity index (χ2v) is 3.38. The van der Waals surface area contributed by atoms with E-state index in [0.29, 0.717) is 16.7 Å². The van der Waals surface area contributed by atoms with Crippen LogP contribution in [0.1, 0.15) is 15.9 Å². The molecule has 0 aliphatic heterocycles. The van der Waals surface area contributed by atoms with Gasteiger partial charge in [-0.3, -0.25) is 4.79 Å². The third-order valence-electron chi connectivity index (χ3n) is 2.05. The average Bonchev–Trinajstić information content (AvgIpc) is 2.43. The fourth-order valence-electron chi connectivity index (χ4n) is 1.44. The van der Waals surface area contributed by atoms with Crippen molar-refractivity contribution in [2.24, 2.45) is 5.73 Å². The molecule has 0 unspecified atom stereocenters. The first-order valence-electron chi connectivity index (χ1n) is 4.02. The van der Waals surface area contributed by atoms with Crippen LogP contribution in [-0.2, 0) is 0 Å². The van der Waals surface area contributed by atoms with Crippen molar-refractivity contribution in [3.05, 3.63) is 28.1 Å². The number of benzene rings is 1. The number of primary amides is 1. The van der Waals surface area contributed by atoms with Gasteiger partial charge in [-0.15, -0.1) is 0 Å². The molecule has 0 fully saturated rings.